The fourth-order valence-corrected chi connectivity index (χ4v) is 3.06. The third-order valence-corrected chi connectivity index (χ3v) is 4.47. The van der Waals surface area contributed by atoms with Crippen LogP contribution in [0.3, 0.4) is 0 Å². The van der Waals surface area contributed by atoms with Gasteiger partial charge in [0.2, 0.25) is 5.91 Å². The first-order valence-electron chi connectivity index (χ1n) is 7.13. The molecule has 9 heteroatoms. The second kappa shape index (κ2) is 7.20. The molecule has 0 aromatic carbocycles. The Labute approximate surface area is 136 Å². The molecule has 1 aromatic heterocycles. The number of carbonyl (C=O) groups excluding carboxylic acids is 2. The molecule has 0 saturated carbocycles. The first kappa shape index (κ1) is 17.6. The van der Waals surface area contributed by atoms with E-state index in [-0.39, 0.29) is 19.0 Å². The predicted octanol–water partition coefficient (Wildman–Crippen LogP) is 2.10. The van der Waals surface area contributed by atoms with Crippen LogP contribution in [0.5, 0.6) is 0 Å². The number of nitrogens with one attached hydrogen (secondary N) is 1. The van der Waals surface area contributed by atoms with Gasteiger partial charge < -0.3 is 15.1 Å². The van der Waals surface area contributed by atoms with Gasteiger partial charge in [0, 0.05) is 31.4 Å². The van der Waals surface area contributed by atoms with E-state index in [9.17, 15) is 22.8 Å². The Morgan fingerprint density at radius 3 is 2.87 bits per heavy atom. The van der Waals surface area contributed by atoms with E-state index in [1.54, 1.807) is 18.4 Å². The average Bonchev–Trinajstić information content (AvgIpc) is 3.05. The van der Waals surface area contributed by atoms with E-state index < -0.39 is 24.7 Å². The molecular weight excluding hydrogens is 331 g/mol. The van der Waals surface area contributed by atoms with E-state index >= 15 is 0 Å². The van der Waals surface area contributed by atoms with E-state index in [1.165, 1.54) is 4.90 Å². The third-order valence-electron chi connectivity index (χ3n) is 3.53. The number of thiophene rings is 1. The summed E-state index contributed by atoms with van der Waals surface area (Å²) in [4.78, 5) is 26.9. The van der Waals surface area contributed by atoms with Gasteiger partial charge >= 0.3 is 12.2 Å². The minimum absolute atomic E-state index is 0.0966. The van der Waals surface area contributed by atoms with Crippen molar-refractivity contribution in [2.24, 2.45) is 0 Å². The number of halogens is 3. The molecule has 3 amide bonds. The molecule has 23 heavy (non-hydrogen) atoms. The Morgan fingerprint density at radius 2 is 2.26 bits per heavy atom. The zero-order valence-corrected chi connectivity index (χ0v) is 13.4. The van der Waals surface area contributed by atoms with Gasteiger partial charge in [0.05, 0.1) is 6.04 Å². The molecule has 1 saturated heterocycles. The highest BCUT2D eigenvalue weighted by Gasteiger charge is 2.38. The second-order valence-corrected chi connectivity index (χ2v) is 6.52. The lowest BCUT2D eigenvalue weighted by Gasteiger charge is -2.21. The van der Waals surface area contributed by atoms with Crippen LogP contribution in [0.15, 0.2) is 17.5 Å². The number of amides is 3. The average molecular weight is 349 g/mol. The summed E-state index contributed by atoms with van der Waals surface area (Å²) in [6, 6.07) is 2.94. The zero-order chi connectivity index (χ0) is 17.0. The van der Waals surface area contributed by atoms with Crippen molar-refractivity contribution in [2.75, 3.05) is 26.7 Å². The van der Waals surface area contributed by atoms with E-state index in [0.717, 1.165) is 9.78 Å². The van der Waals surface area contributed by atoms with Crippen LogP contribution in [-0.4, -0.2) is 60.6 Å². The summed E-state index contributed by atoms with van der Waals surface area (Å²) in [6.07, 6.45) is -3.81. The third kappa shape index (κ3) is 5.42. The Kier molecular flexibility index (Phi) is 5.51. The van der Waals surface area contributed by atoms with Crippen LogP contribution in [0.25, 0.3) is 0 Å². The second-order valence-electron chi connectivity index (χ2n) is 5.49. The lowest BCUT2D eigenvalue weighted by molar-refractivity contribution is -0.157. The van der Waals surface area contributed by atoms with E-state index in [2.05, 4.69) is 5.32 Å². The summed E-state index contributed by atoms with van der Waals surface area (Å²) in [5.41, 5.74) is 0. The largest absolute Gasteiger partial charge is 0.406 e. The summed E-state index contributed by atoms with van der Waals surface area (Å²) < 4.78 is 37.0. The maximum atomic E-state index is 12.3. The molecule has 128 valence electrons. The van der Waals surface area contributed by atoms with Gasteiger partial charge in [-0.15, -0.1) is 11.3 Å². The van der Waals surface area contributed by atoms with E-state index in [1.807, 2.05) is 17.5 Å². The Balaban J connectivity index is 1.77. The van der Waals surface area contributed by atoms with Gasteiger partial charge in [-0.05, 0) is 17.9 Å². The monoisotopic (exact) mass is 349 g/mol. The number of urea groups is 1. The van der Waals surface area contributed by atoms with Gasteiger partial charge in [0.15, 0.2) is 0 Å². The van der Waals surface area contributed by atoms with Gasteiger partial charge in [-0.1, -0.05) is 6.07 Å². The van der Waals surface area contributed by atoms with Crippen LogP contribution in [0.1, 0.15) is 11.3 Å². The van der Waals surface area contributed by atoms with Crippen LogP contribution >= 0.6 is 11.3 Å². The topological polar surface area (TPSA) is 52.7 Å². The van der Waals surface area contributed by atoms with Crippen molar-refractivity contribution in [1.82, 2.24) is 15.1 Å². The Bertz CT molecular complexity index is 548. The van der Waals surface area contributed by atoms with Gasteiger partial charge in [0.25, 0.3) is 0 Å². The summed E-state index contributed by atoms with van der Waals surface area (Å²) in [5.74, 6) is -0.589. The molecule has 1 fully saturated rings. The summed E-state index contributed by atoms with van der Waals surface area (Å²) in [5, 5.41) is 4.57. The molecule has 2 rings (SSSR count). The molecule has 0 aliphatic carbocycles. The molecule has 0 spiro atoms. The fraction of sp³-hybridized carbons (Fsp3) is 0.571. The maximum absolute atomic E-state index is 12.3. The van der Waals surface area contributed by atoms with E-state index in [0.29, 0.717) is 13.0 Å². The van der Waals surface area contributed by atoms with Gasteiger partial charge in [-0.25, -0.2) is 4.79 Å². The van der Waals surface area contributed by atoms with Crippen molar-refractivity contribution in [3.63, 3.8) is 0 Å². The molecule has 0 unspecified atom stereocenters. The van der Waals surface area contributed by atoms with Crippen molar-refractivity contribution < 1.29 is 22.8 Å². The van der Waals surface area contributed by atoms with Crippen molar-refractivity contribution in [2.45, 2.75) is 25.1 Å². The molecule has 1 atom stereocenters. The first-order chi connectivity index (χ1) is 10.7. The van der Waals surface area contributed by atoms with Crippen molar-refractivity contribution in [3.8, 4) is 0 Å². The number of hydrogen-bond acceptors (Lipinski definition) is 3. The first-order valence-corrected chi connectivity index (χ1v) is 8.01. The molecule has 5 nitrogen and oxygen atoms in total. The van der Waals surface area contributed by atoms with Crippen LogP contribution in [0.4, 0.5) is 18.0 Å². The number of hydrogen-bond donors (Lipinski definition) is 1. The van der Waals surface area contributed by atoms with Crippen molar-refractivity contribution in [1.29, 1.82) is 0 Å². The fourth-order valence-electron chi connectivity index (χ4n) is 2.36. The molecule has 1 N–H and O–H groups in total. The number of likely N-dealkylation sites (N-methyl/N-ethyl adjacent to an activating group) is 1. The standard InChI is InChI=1S/C14H18F3N3O2S/c1-19(5-4-11-3-2-6-23-11)13(22)18-10-7-12(21)20(8-10)9-14(15,16)17/h2-3,6,10H,4-5,7-9H2,1H3,(H,18,22)/t10-/m0/s1. The lowest BCUT2D eigenvalue weighted by atomic mass is 10.2. The quantitative estimate of drug-likeness (QED) is 0.885. The highest BCUT2D eigenvalue weighted by molar-refractivity contribution is 7.09. The molecular formula is C14H18F3N3O2S. The van der Waals surface area contributed by atoms with Crippen LogP contribution in [0.2, 0.25) is 0 Å². The summed E-state index contributed by atoms with van der Waals surface area (Å²) in [7, 11) is 1.62. The number of nitrogens with zero attached hydrogens (tertiary/aromatic N) is 2. The smallest absolute Gasteiger partial charge is 0.333 e. The predicted molar refractivity (Wildman–Crippen MR) is 80.2 cm³/mol. The summed E-state index contributed by atoms with van der Waals surface area (Å²) >= 11 is 1.60. The molecule has 1 aromatic rings. The number of carbonyl (C=O) groups is 2. The van der Waals surface area contributed by atoms with Crippen LogP contribution in [-0.2, 0) is 11.2 Å². The van der Waals surface area contributed by atoms with E-state index in [4.69, 9.17) is 0 Å². The van der Waals surface area contributed by atoms with Crippen LogP contribution < -0.4 is 5.32 Å². The molecule has 2 heterocycles. The molecule has 0 bridgehead atoms. The molecule has 1 aliphatic heterocycles. The maximum Gasteiger partial charge on any atom is 0.406 e. The molecule has 1 aliphatic rings. The molecule has 0 radical (unpaired) electrons. The number of likely N-dealkylation sites (tertiary alicyclic amines) is 1. The number of alkyl halides is 3. The Morgan fingerprint density at radius 1 is 1.52 bits per heavy atom. The number of rotatable bonds is 5. The Hall–Kier alpha value is -1.77. The van der Waals surface area contributed by atoms with Crippen molar-refractivity contribution in [3.05, 3.63) is 22.4 Å². The van der Waals surface area contributed by atoms with Crippen molar-refractivity contribution >= 4 is 23.3 Å². The highest BCUT2D eigenvalue weighted by Crippen LogP contribution is 2.21. The highest BCUT2D eigenvalue weighted by atomic mass is 32.1. The zero-order valence-electron chi connectivity index (χ0n) is 12.6. The normalized spacial score (nSPS) is 18.3. The van der Waals surface area contributed by atoms with Gasteiger partial charge in [-0.2, -0.15) is 13.2 Å². The minimum Gasteiger partial charge on any atom is -0.333 e. The lowest BCUT2D eigenvalue weighted by Crippen LogP contribution is -2.45. The van der Waals surface area contributed by atoms with Gasteiger partial charge in [0.1, 0.15) is 6.54 Å². The SMILES string of the molecule is CN(CCc1cccs1)C(=O)N[C@H]1CC(=O)N(CC(F)(F)F)C1. The van der Waals surface area contributed by atoms with Gasteiger partial charge in [-0.3, -0.25) is 4.79 Å². The van der Waals surface area contributed by atoms with Crippen LogP contribution in [0, 0.1) is 0 Å². The minimum atomic E-state index is -4.42. The summed E-state index contributed by atoms with van der Waals surface area (Å²) in [6.45, 7) is -0.880.